The lowest BCUT2D eigenvalue weighted by molar-refractivity contribution is 0.0919. The molecule has 1 aromatic heterocycles. The van der Waals surface area contributed by atoms with Gasteiger partial charge in [0.2, 0.25) is 0 Å². The van der Waals surface area contributed by atoms with Crippen molar-refractivity contribution >= 4 is 5.91 Å². The van der Waals surface area contributed by atoms with E-state index < -0.39 is 0 Å². The number of halogens is 1. The van der Waals surface area contributed by atoms with E-state index >= 15 is 0 Å². The largest absolute Gasteiger partial charge is 0.347 e. The molecule has 0 bridgehead atoms. The number of hydrogen-bond donors (Lipinski definition) is 1. The van der Waals surface area contributed by atoms with Gasteiger partial charge in [0.25, 0.3) is 5.91 Å². The van der Waals surface area contributed by atoms with Crippen molar-refractivity contribution in [3.8, 4) is 22.4 Å². The lowest BCUT2D eigenvalue weighted by Gasteiger charge is -2.23. The predicted molar refractivity (Wildman–Crippen MR) is 113 cm³/mol. The molecule has 0 aliphatic rings. The van der Waals surface area contributed by atoms with Crippen molar-refractivity contribution in [2.24, 2.45) is 0 Å². The third-order valence-electron chi connectivity index (χ3n) is 4.34. The number of aromatic nitrogens is 3. The number of amides is 1. The number of nitrogens with zero attached hydrogens (tertiary/aromatic N) is 3. The standard InChI is InChI=1S/C23H27FN4O/c1-22(2,3)26-21(29)18-12-16(15-7-9-19(24)10-8-15)11-17(13-18)20-14-25-27-28(20)23(4,5)6/h7-14H,1-6H3,(H,26,29). The van der Waals surface area contributed by atoms with Gasteiger partial charge in [0.15, 0.2) is 0 Å². The van der Waals surface area contributed by atoms with E-state index in [1.54, 1.807) is 18.3 Å². The number of carbonyl (C=O) groups excluding carboxylic acids is 1. The molecule has 0 saturated heterocycles. The van der Waals surface area contributed by atoms with E-state index in [9.17, 15) is 9.18 Å². The van der Waals surface area contributed by atoms with Gasteiger partial charge in [0.05, 0.1) is 17.4 Å². The van der Waals surface area contributed by atoms with Crippen LogP contribution in [0.25, 0.3) is 22.4 Å². The zero-order valence-corrected chi connectivity index (χ0v) is 17.7. The fourth-order valence-electron chi connectivity index (χ4n) is 3.06. The van der Waals surface area contributed by atoms with Crippen LogP contribution in [-0.2, 0) is 5.54 Å². The number of carbonyl (C=O) groups is 1. The first-order valence-corrected chi connectivity index (χ1v) is 9.59. The first-order chi connectivity index (χ1) is 13.4. The molecule has 0 aliphatic heterocycles. The minimum absolute atomic E-state index is 0.169. The van der Waals surface area contributed by atoms with Gasteiger partial charge in [-0.1, -0.05) is 17.3 Å². The topological polar surface area (TPSA) is 59.8 Å². The summed E-state index contributed by atoms with van der Waals surface area (Å²) < 4.78 is 15.2. The predicted octanol–water partition coefficient (Wildman–Crippen LogP) is 5.03. The minimum Gasteiger partial charge on any atom is -0.347 e. The first-order valence-electron chi connectivity index (χ1n) is 9.59. The fourth-order valence-corrected chi connectivity index (χ4v) is 3.06. The maximum atomic E-state index is 13.4. The zero-order chi connectivity index (χ0) is 21.4. The number of rotatable bonds is 3. The lowest BCUT2D eigenvalue weighted by atomic mass is 9.97. The van der Waals surface area contributed by atoms with E-state index in [2.05, 4.69) is 15.6 Å². The number of benzene rings is 2. The Morgan fingerprint density at radius 1 is 0.931 bits per heavy atom. The molecule has 1 heterocycles. The normalized spacial score (nSPS) is 12.1. The monoisotopic (exact) mass is 394 g/mol. The minimum atomic E-state index is -0.363. The molecule has 1 amide bonds. The number of hydrogen-bond acceptors (Lipinski definition) is 3. The Morgan fingerprint density at radius 2 is 1.55 bits per heavy atom. The highest BCUT2D eigenvalue weighted by atomic mass is 19.1. The molecule has 152 valence electrons. The molecule has 3 aromatic rings. The SMILES string of the molecule is CC(C)(C)NC(=O)c1cc(-c2ccc(F)cc2)cc(-c2cnnn2C(C)(C)C)c1. The van der Waals surface area contributed by atoms with Gasteiger partial charge in [0, 0.05) is 16.7 Å². The summed E-state index contributed by atoms with van der Waals surface area (Å²) >= 11 is 0. The second-order valence-corrected chi connectivity index (χ2v) is 9.21. The van der Waals surface area contributed by atoms with Crippen LogP contribution in [0.5, 0.6) is 0 Å². The van der Waals surface area contributed by atoms with E-state index in [-0.39, 0.29) is 22.8 Å². The Kier molecular flexibility index (Phi) is 5.30. The quantitative estimate of drug-likeness (QED) is 0.677. The fraction of sp³-hybridized carbons (Fsp3) is 0.348. The Bertz CT molecular complexity index is 1020. The van der Waals surface area contributed by atoms with Crippen molar-refractivity contribution in [1.82, 2.24) is 20.3 Å². The Morgan fingerprint density at radius 3 is 2.14 bits per heavy atom. The van der Waals surface area contributed by atoms with E-state index in [0.717, 1.165) is 22.4 Å². The average Bonchev–Trinajstić information content (AvgIpc) is 3.11. The van der Waals surface area contributed by atoms with Crippen LogP contribution in [-0.4, -0.2) is 26.4 Å². The molecule has 5 nitrogen and oxygen atoms in total. The maximum Gasteiger partial charge on any atom is 0.251 e. The van der Waals surface area contributed by atoms with Crippen molar-refractivity contribution in [3.63, 3.8) is 0 Å². The van der Waals surface area contributed by atoms with E-state index in [1.807, 2.05) is 64.4 Å². The Hall–Kier alpha value is -3.02. The van der Waals surface area contributed by atoms with Crippen molar-refractivity contribution in [3.05, 3.63) is 60.0 Å². The van der Waals surface area contributed by atoms with Crippen molar-refractivity contribution in [1.29, 1.82) is 0 Å². The van der Waals surface area contributed by atoms with Gasteiger partial charge < -0.3 is 5.32 Å². The van der Waals surface area contributed by atoms with Crippen LogP contribution in [0.4, 0.5) is 4.39 Å². The zero-order valence-electron chi connectivity index (χ0n) is 17.7. The average molecular weight is 394 g/mol. The molecule has 1 N–H and O–H groups in total. The van der Waals surface area contributed by atoms with Crippen molar-refractivity contribution in [2.45, 2.75) is 52.6 Å². The molecule has 0 saturated carbocycles. The summed E-state index contributed by atoms with van der Waals surface area (Å²) in [5.74, 6) is -0.469. The third-order valence-corrected chi connectivity index (χ3v) is 4.34. The summed E-state index contributed by atoms with van der Waals surface area (Å²) in [6, 6.07) is 11.9. The summed E-state index contributed by atoms with van der Waals surface area (Å²) in [5.41, 5.74) is 3.18. The van der Waals surface area contributed by atoms with Crippen LogP contribution in [0.3, 0.4) is 0 Å². The van der Waals surface area contributed by atoms with Gasteiger partial charge in [-0.2, -0.15) is 0 Å². The summed E-state index contributed by atoms with van der Waals surface area (Å²) in [7, 11) is 0. The van der Waals surface area contributed by atoms with Gasteiger partial charge in [0.1, 0.15) is 5.82 Å². The molecule has 0 spiro atoms. The van der Waals surface area contributed by atoms with Gasteiger partial charge in [-0.05, 0) is 83.0 Å². The van der Waals surface area contributed by atoms with Crippen LogP contribution in [0.1, 0.15) is 51.9 Å². The van der Waals surface area contributed by atoms with Crippen LogP contribution in [0, 0.1) is 5.82 Å². The van der Waals surface area contributed by atoms with E-state index in [4.69, 9.17) is 0 Å². The molecule has 3 rings (SSSR count). The lowest BCUT2D eigenvalue weighted by Crippen LogP contribution is -2.40. The molecule has 6 heteroatoms. The second-order valence-electron chi connectivity index (χ2n) is 9.21. The molecule has 29 heavy (non-hydrogen) atoms. The molecule has 0 radical (unpaired) electrons. The number of nitrogens with one attached hydrogen (secondary N) is 1. The molecule has 0 aliphatic carbocycles. The van der Waals surface area contributed by atoms with Gasteiger partial charge >= 0.3 is 0 Å². The summed E-state index contributed by atoms with van der Waals surface area (Å²) in [6.07, 6.45) is 1.69. The van der Waals surface area contributed by atoms with Crippen molar-refractivity contribution < 1.29 is 9.18 Å². The molecule has 0 fully saturated rings. The maximum absolute atomic E-state index is 13.4. The molecular weight excluding hydrogens is 367 g/mol. The summed E-state index contributed by atoms with van der Waals surface area (Å²) in [6.45, 7) is 11.9. The van der Waals surface area contributed by atoms with Gasteiger partial charge in [-0.25, -0.2) is 9.07 Å². The van der Waals surface area contributed by atoms with Crippen molar-refractivity contribution in [2.75, 3.05) is 0 Å². The smallest absolute Gasteiger partial charge is 0.251 e. The molecule has 0 unspecified atom stereocenters. The molecule has 0 atom stereocenters. The highest BCUT2D eigenvalue weighted by Crippen LogP contribution is 2.30. The third kappa shape index (κ3) is 4.88. The van der Waals surface area contributed by atoms with Crippen LogP contribution in [0.15, 0.2) is 48.7 Å². The van der Waals surface area contributed by atoms with Crippen LogP contribution < -0.4 is 5.32 Å². The second kappa shape index (κ2) is 7.43. The Labute approximate surface area is 171 Å². The van der Waals surface area contributed by atoms with E-state index in [0.29, 0.717) is 5.56 Å². The van der Waals surface area contributed by atoms with Gasteiger partial charge in [-0.3, -0.25) is 4.79 Å². The van der Waals surface area contributed by atoms with Crippen LogP contribution >= 0.6 is 0 Å². The van der Waals surface area contributed by atoms with Crippen LogP contribution in [0.2, 0.25) is 0 Å². The first kappa shape index (κ1) is 20.7. The van der Waals surface area contributed by atoms with E-state index in [1.165, 1.54) is 12.1 Å². The Balaban J connectivity index is 2.17. The molecule has 2 aromatic carbocycles. The summed E-state index contributed by atoms with van der Waals surface area (Å²) in [4.78, 5) is 12.9. The summed E-state index contributed by atoms with van der Waals surface area (Å²) in [5, 5.41) is 11.3. The highest BCUT2D eigenvalue weighted by molar-refractivity contribution is 5.97. The molecular formula is C23H27FN4O. The van der Waals surface area contributed by atoms with Gasteiger partial charge in [-0.15, -0.1) is 5.10 Å². The highest BCUT2D eigenvalue weighted by Gasteiger charge is 2.22.